The molecule has 1 amide bonds. The molecule has 0 saturated carbocycles. The van der Waals surface area contributed by atoms with Gasteiger partial charge in [-0.3, -0.25) is 14.9 Å². The number of aromatic nitrogens is 2. The number of carbonyl (C=O) groups is 1. The Balaban J connectivity index is 1.49. The second kappa shape index (κ2) is 8.71. The maximum absolute atomic E-state index is 12.6. The van der Waals surface area contributed by atoms with Crippen molar-refractivity contribution >= 4 is 40.9 Å². The second-order valence-corrected chi connectivity index (χ2v) is 8.45. The topological polar surface area (TPSA) is 90.1 Å². The number of amides is 1. The summed E-state index contributed by atoms with van der Waals surface area (Å²) in [5, 5.41) is 18.5. The first-order chi connectivity index (χ1) is 14.1. The molecule has 7 nitrogen and oxygen atoms in total. The van der Waals surface area contributed by atoms with E-state index in [9.17, 15) is 14.9 Å². The summed E-state index contributed by atoms with van der Waals surface area (Å²) in [7, 11) is 0. The van der Waals surface area contributed by atoms with Gasteiger partial charge in [0, 0.05) is 35.0 Å². The fourth-order valence-corrected chi connectivity index (χ4v) is 4.87. The number of nitro groups is 1. The summed E-state index contributed by atoms with van der Waals surface area (Å²) in [5.74, 6) is 3.25. The van der Waals surface area contributed by atoms with E-state index in [0.717, 1.165) is 28.5 Å². The van der Waals surface area contributed by atoms with Gasteiger partial charge in [0.05, 0.1) is 22.1 Å². The molecular weight excluding hydrogens is 408 g/mol. The van der Waals surface area contributed by atoms with Gasteiger partial charge in [0.2, 0.25) is 5.91 Å². The molecule has 148 valence electrons. The van der Waals surface area contributed by atoms with Crippen molar-refractivity contribution in [3.63, 3.8) is 0 Å². The minimum absolute atomic E-state index is 0.0203. The van der Waals surface area contributed by atoms with Gasteiger partial charge in [0.1, 0.15) is 5.82 Å². The average Bonchev–Trinajstić information content (AvgIpc) is 3.31. The minimum Gasteiger partial charge on any atom is -0.310 e. The Bertz CT molecular complexity index is 1040. The Labute approximate surface area is 176 Å². The highest BCUT2D eigenvalue weighted by molar-refractivity contribution is 7.99. The zero-order valence-corrected chi connectivity index (χ0v) is 17.0. The van der Waals surface area contributed by atoms with E-state index in [1.165, 1.54) is 17.7 Å². The Morgan fingerprint density at radius 2 is 1.93 bits per heavy atom. The highest BCUT2D eigenvalue weighted by Crippen LogP contribution is 2.36. The van der Waals surface area contributed by atoms with E-state index in [0.29, 0.717) is 17.3 Å². The van der Waals surface area contributed by atoms with Crippen molar-refractivity contribution in [1.29, 1.82) is 0 Å². The van der Waals surface area contributed by atoms with Gasteiger partial charge in [-0.1, -0.05) is 30.3 Å². The molecule has 4 rings (SSSR count). The molecule has 1 N–H and O–H groups in total. The first-order valence-electron chi connectivity index (χ1n) is 8.96. The number of nitro benzene ring substituents is 1. The SMILES string of the molecule is O=C(CSCc1ccccc1)Nc1c2c(nn1-c1ccc([N+](=O)[O-])cc1)CSC2. The van der Waals surface area contributed by atoms with Gasteiger partial charge >= 0.3 is 0 Å². The smallest absolute Gasteiger partial charge is 0.269 e. The number of carbonyl (C=O) groups excluding carboxylic acids is 1. The standard InChI is InChI=1S/C20H18N4O3S2/c25-19(13-28-10-14-4-2-1-3-5-14)21-20-17-11-29-12-18(17)22-23(20)15-6-8-16(9-7-15)24(26)27/h1-9H,10-13H2,(H,21,25). The fraction of sp³-hybridized carbons (Fsp3) is 0.200. The molecule has 0 spiro atoms. The van der Waals surface area contributed by atoms with Crippen molar-refractivity contribution < 1.29 is 9.72 Å². The van der Waals surface area contributed by atoms with Crippen LogP contribution in [0.25, 0.3) is 5.69 Å². The maximum Gasteiger partial charge on any atom is 0.269 e. The molecule has 1 aromatic heterocycles. The van der Waals surface area contributed by atoms with Crippen LogP contribution in [-0.2, 0) is 22.1 Å². The van der Waals surface area contributed by atoms with E-state index in [4.69, 9.17) is 0 Å². The van der Waals surface area contributed by atoms with Crippen molar-refractivity contribution in [3.05, 3.63) is 81.5 Å². The van der Waals surface area contributed by atoms with Crippen molar-refractivity contribution in [2.24, 2.45) is 0 Å². The molecule has 0 radical (unpaired) electrons. The third-order valence-electron chi connectivity index (χ3n) is 4.46. The van der Waals surface area contributed by atoms with Gasteiger partial charge < -0.3 is 5.32 Å². The van der Waals surface area contributed by atoms with Crippen LogP contribution in [0, 0.1) is 10.1 Å². The molecule has 3 aromatic rings. The zero-order chi connectivity index (χ0) is 20.2. The number of thioether (sulfide) groups is 2. The van der Waals surface area contributed by atoms with Gasteiger partial charge in [-0.2, -0.15) is 16.9 Å². The molecule has 2 heterocycles. The van der Waals surface area contributed by atoms with Crippen molar-refractivity contribution in [1.82, 2.24) is 9.78 Å². The Kier molecular flexibility index (Phi) is 5.86. The molecule has 2 aromatic carbocycles. The van der Waals surface area contributed by atoms with E-state index in [2.05, 4.69) is 10.4 Å². The van der Waals surface area contributed by atoms with Crippen molar-refractivity contribution in [2.45, 2.75) is 17.3 Å². The highest BCUT2D eigenvalue weighted by Gasteiger charge is 2.25. The summed E-state index contributed by atoms with van der Waals surface area (Å²) < 4.78 is 1.67. The second-order valence-electron chi connectivity index (χ2n) is 6.48. The number of fused-ring (bicyclic) bond motifs is 1. The van der Waals surface area contributed by atoms with Crippen LogP contribution >= 0.6 is 23.5 Å². The van der Waals surface area contributed by atoms with Crippen molar-refractivity contribution in [3.8, 4) is 5.69 Å². The van der Waals surface area contributed by atoms with Crippen LogP contribution in [0.3, 0.4) is 0 Å². The molecule has 1 aliphatic heterocycles. The summed E-state index contributed by atoms with van der Waals surface area (Å²) in [6.45, 7) is 0. The predicted octanol–water partition coefficient (Wildman–Crippen LogP) is 4.40. The average molecular weight is 427 g/mol. The Morgan fingerprint density at radius 3 is 2.66 bits per heavy atom. The van der Waals surface area contributed by atoms with Crippen LogP contribution in [0.4, 0.5) is 11.5 Å². The van der Waals surface area contributed by atoms with Gasteiger partial charge in [0.25, 0.3) is 5.69 Å². The number of anilines is 1. The third kappa shape index (κ3) is 4.46. The molecule has 9 heteroatoms. The molecule has 0 bridgehead atoms. The van der Waals surface area contributed by atoms with Gasteiger partial charge in [-0.25, -0.2) is 4.68 Å². The van der Waals surface area contributed by atoms with Gasteiger partial charge in [-0.05, 0) is 17.7 Å². The third-order valence-corrected chi connectivity index (χ3v) is 6.43. The lowest BCUT2D eigenvalue weighted by Gasteiger charge is -2.11. The molecule has 0 atom stereocenters. The summed E-state index contributed by atoms with van der Waals surface area (Å²) >= 11 is 3.31. The van der Waals surface area contributed by atoms with Crippen LogP contribution in [0.2, 0.25) is 0 Å². The maximum atomic E-state index is 12.6. The van der Waals surface area contributed by atoms with Gasteiger partial charge in [-0.15, -0.1) is 11.8 Å². The monoisotopic (exact) mass is 426 g/mol. The number of non-ortho nitro benzene ring substituents is 1. The van der Waals surface area contributed by atoms with Crippen LogP contribution < -0.4 is 5.32 Å². The number of benzene rings is 2. The molecule has 0 unspecified atom stereocenters. The number of nitrogens with zero attached hydrogens (tertiary/aromatic N) is 3. The molecule has 0 saturated heterocycles. The number of rotatable bonds is 7. The fourth-order valence-electron chi connectivity index (χ4n) is 3.05. The zero-order valence-electron chi connectivity index (χ0n) is 15.4. The Hall–Kier alpha value is -2.78. The minimum atomic E-state index is -0.434. The van der Waals surface area contributed by atoms with Crippen LogP contribution in [-0.4, -0.2) is 26.4 Å². The Morgan fingerprint density at radius 1 is 1.17 bits per heavy atom. The molecule has 0 fully saturated rings. The number of hydrogen-bond donors (Lipinski definition) is 1. The van der Waals surface area contributed by atoms with Gasteiger partial charge in [0.15, 0.2) is 0 Å². The molecule has 29 heavy (non-hydrogen) atoms. The quantitative estimate of drug-likeness (QED) is 0.445. The summed E-state index contributed by atoms with van der Waals surface area (Å²) in [6, 6.07) is 16.2. The van der Waals surface area contributed by atoms with Crippen LogP contribution in [0.15, 0.2) is 54.6 Å². The first-order valence-corrected chi connectivity index (χ1v) is 11.3. The number of hydrogen-bond acceptors (Lipinski definition) is 6. The lowest BCUT2D eigenvalue weighted by atomic mass is 10.2. The van der Waals surface area contributed by atoms with Crippen LogP contribution in [0.5, 0.6) is 0 Å². The van der Waals surface area contributed by atoms with E-state index >= 15 is 0 Å². The van der Waals surface area contributed by atoms with Crippen LogP contribution in [0.1, 0.15) is 16.8 Å². The van der Waals surface area contributed by atoms with E-state index in [-0.39, 0.29) is 11.6 Å². The largest absolute Gasteiger partial charge is 0.310 e. The van der Waals surface area contributed by atoms with E-state index in [1.54, 1.807) is 40.3 Å². The molecule has 0 aliphatic carbocycles. The highest BCUT2D eigenvalue weighted by atomic mass is 32.2. The first kappa shape index (κ1) is 19.5. The molecule has 1 aliphatic rings. The van der Waals surface area contributed by atoms with Crippen molar-refractivity contribution in [2.75, 3.05) is 11.1 Å². The van der Waals surface area contributed by atoms with E-state index in [1.807, 2.05) is 30.3 Å². The predicted molar refractivity (Wildman–Crippen MR) is 116 cm³/mol. The molecular formula is C20H18N4O3S2. The normalized spacial score (nSPS) is 12.6. The number of nitrogens with one attached hydrogen (secondary N) is 1. The lowest BCUT2D eigenvalue weighted by Crippen LogP contribution is -2.18. The van der Waals surface area contributed by atoms with E-state index < -0.39 is 4.92 Å². The summed E-state index contributed by atoms with van der Waals surface area (Å²) in [6.07, 6.45) is 0. The lowest BCUT2D eigenvalue weighted by molar-refractivity contribution is -0.384. The summed E-state index contributed by atoms with van der Waals surface area (Å²) in [5.41, 5.74) is 3.85. The summed E-state index contributed by atoms with van der Waals surface area (Å²) in [4.78, 5) is 23.0.